The van der Waals surface area contributed by atoms with Gasteiger partial charge in [-0.25, -0.2) is 9.78 Å². The summed E-state index contributed by atoms with van der Waals surface area (Å²) in [5, 5.41) is 8.78. The van der Waals surface area contributed by atoms with E-state index in [0.29, 0.717) is 18.1 Å². The lowest BCUT2D eigenvalue weighted by atomic mass is 10.2. The third-order valence-electron chi connectivity index (χ3n) is 2.43. The monoisotopic (exact) mass is 248 g/mol. The zero-order valence-corrected chi connectivity index (χ0v) is 10.7. The first-order chi connectivity index (χ1) is 8.49. The van der Waals surface area contributed by atoms with Crippen LogP contribution in [-0.2, 0) is 4.74 Å². The molecule has 0 aromatic carbocycles. The zero-order chi connectivity index (χ0) is 13.7. The second-order valence-corrected chi connectivity index (χ2v) is 4.01. The van der Waals surface area contributed by atoms with Gasteiger partial charge in [-0.05, 0) is 19.1 Å². The van der Waals surface area contributed by atoms with Crippen LogP contribution < -0.4 is 10.6 Å². The van der Waals surface area contributed by atoms with Gasteiger partial charge in [0.05, 0.1) is 24.8 Å². The molecule has 0 bridgehead atoms. The van der Waals surface area contributed by atoms with Gasteiger partial charge in [-0.2, -0.15) is 5.26 Å². The van der Waals surface area contributed by atoms with E-state index in [-0.39, 0.29) is 11.6 Å². The number of pyridine rings is 1. The first kappa shape index (κ1) is 13.8. The Balaban J connectivity index is 3.00. The van der Waals surface area contributed by atoms with Crippen molar-refractivity contribution in [1.29, 1.82) is 5.26 Å². The third kappa shape index (κ3) is 3.10. The van der Waals surface area contributed by atoms with E-state index in [1.165, 1.54) is 13.2 Å². The Kier molecular flexibility index (Phi) is 4.49. The lowest BCUT2D eigenvalue weighted by Gasteiger charge is -2.21. The number of nitriles is 1. The van der Waals surface area contributed by atoms with Gasteiger partial charge in [-0.1, -0.05) is 0 Å². The van der Waals surface area contributed by atoms with Crippen LogP contribution >= 0.6 is 0 Å². The minimum absolute atomic E-state index is 0.155. The summed E-state index contributed by atoms with van der Waals surface area (Å²) in [6.45, 7) is 2.29. The second kappa shape index (κ2) is 5.87. The van der Waals surface area contributed by atoms with Crippen LogP contribution in [0.4, 0.5) is 11.5 Å². The van der Waals surface area contributed by atoms with Gasteiger partial charge in [0.1, 0.15) is 0 Å². The quantitative estimate of drug-likeness (QED) is 0.800. The molecule has 1 heterocycles. The summed E-state index contributed by atoms with van der Waals surface area (Å²) in [6.07, 6.45) is 0. The van der Waals surface area contributed by atoms with Gasteiger partial charge in [0.25, 0.3) is 0 Å². The van der Waals surface area contributed by atoms with Crippen molar-refractivity contribution in [3.63, 3.8) is 0 Å². The fourth-order valence-corrected chi connectivity index (χ4v) is 1.52. The lowest BCUT2D eigenvalue weighted by molar-refractivity contribution is 0.0594. The molecule has 6 nitrogen and oxygen atoms in total. The molecule has 0 saturated heterocycles. The highest BCUT2D eigenvalue weighted by Crippen LogP contribution is 2.20. The molecular weight excluding hydrogens is 232 g/mol. The summed E-state index contributed by atoms with van der Waals surface area (Å²) in [5.74, 6) is -0.198. The third-order valence-corrected chi connectivity index (χ3v) is 2.43. The van der Waals surface area contributed by atoms with Crippen LogP contribution in [0, 0.1) is 17.2 Å². The predicted octanol–water partition coefficient (Wildman–Crippen LogP) is 1.05. The van der Waals surface area contributed by atoms with Crippen molar-refractivity contribution in [2.45, 2.75) is 6.92 Å². The molecule has 1 atom stereocenters. The predicted molar refractivity (Wildman–Crippen MR) is 68.0 cm³/mol. The minimum Gasteiger partial charge on any atom is -0.464 e. The second-order valence-electron chi connectivity index (χ2n) is 4.01. The molecule has 0 saturated carbocycles. The standard InChI is InChI=1S/C12H16N4O2/c1-8(6-13)7-16(2)11-9(14)4-5-10(15-11)12(17)18-3/h4-5,8H,7,14H2,1-3H3. The summed E-state index contributed by atoms with van der Waals surface area (Å²) < 4.78 is 4.60. The Morgan fingerprint density at radius 2 is 2.33 bits per heavy atom. The molecule has 0 radical (unpaired) electrons. The number of hydrogen-bond acceptors (Lipinski definition) is 6. The van der Waals surface area contributed by atoms with Crippen LogP contribution in [0.1, 0.15) is 17.4 Å². The largest absolute Gasteiger partial charge is 0.464 e. The fourth-order valence-electron chi connectivity index (χ4n) is 1.52. The zero-order valence-electron chi connectivity index (χ0n) is 10.7. The fraction of sp³-hybridized carbons (Fsp3) is 0.417. The van der Waals surface area contributed by atoms with Gasteiger partial charge in [-0.15, -0.1) is 0 Å². The van der Waals surface area contributed by atoms with Crippen LogP contribution in [0.15, 0.2) is 12.1 Å². The van der Waals surface area contributed by atoms with E-state index in [2.05, 4.69) is 15.8 Å². The van der Waals surface area contributed by atoms with Crippen molar-refractivity contribution < 1.29 is 9.53 Å². The number of ether oxygens (including phenoxy) is 1. The van der Waals surface area contributed by atoms with Crippen molar-refractivity contribution in [3.05, 3.63) is 17.8 Å². The van der Waals surface area contributed by atoms with E-state index in [1.54, 1.807) is 24.9 Å². The van der Waals surface area contributed by atoms with E-state index < -0.39 is 5.97 Å². The van der Waals surface area contributed by atoms with Gasteiger partial charge in [0.15, 0.2) is 11.5 Å². The van der Waals surface area contributed by atoms with Crippen LogP contribution in [0.3, 0.4) is 0 Å². The number of rotatable bonds is 4. The first-order valence-electron chi connectivity index (χ1n) is 5.45. The molecule has 1 aromatic rings. The van der Waals surface area contributed by atoms with Crippen molar-refractivity contribution >= 4 is 17.5 Å². The van der Waals surface area contributed by atoms with Crippen LogP contribution in [-0.4, -0.2) is 31.7 Å². The summed E-state index contributed by atoms with van der Waals surface area (Å²) >= 11 is 0. The van der Waals surface area contributed by atoms with Gasteiger partial charge >= 0.3 is 5.97 Å². The highest BCUT2D eigenvalue weighted by molar-refractivity contribution is 5.88. The smallest absolute Gasteiger partial charge is 0.356 e. The number of nitrogen functional groups attached to an aromatic ring is 1. The Morgan fingerprint density at radius 3 is 2.89 bits per heavy atom. The Morgan fingerprint density at radius 1 is 1.67 bits per heavy atom. The summed E-state index contributed by atoms with van der Waals surface area (Å²) in [5.41, 5.74) is 6.46. The number of carbonyl (C=O) groups is 1. The molecule has 6 heteroatoms. The Bertz CT molecular complexity index is 481. The highest BCUT2D eigenvalue weighted by atomic mass is 16.5. The molecule has 1 rings (SSSR count). The average molecular weight is 248 g/mol. The molecule has 2 N–H and O–H groups in total. The molecule has 18 heavy (non-hydrogen) atoms. The molecule has 0 aliphatic carbocycles. The summed E-state index contributed by atoms with van der Waals surface area (Å²) in [7, 11) is 3.06. The van der Waals surface area contributed by atoms with Gasteiger partial charge in [0, 0.05) is 13.6 Å². The SMILES string of the molecule is COC(=O)c1ccc(N)c(N(C)CC(C)C#N)n1. The van der Waals surface area contributed by atoms with E-state index >= 15 is 0 Å². The van der Waals surface area contributed by atoms with Crippen LogP contribution in [0.25, 0.3) is 0 Å². The van der Waals surface area contributed by atoms with Crippen LogP contribution in [0.2, 0.25) is 0 Å². The summed E-state index contributed by atoms with van der Waals surface area (Å²) in [4.78, 5) is 17.3. The molecule has 1 aromatic heterocycles. The number of nitrogens with two attached hydrogens (primary N) is 1. The summed E-state index contributed by atoms with van der Waals surface area (Å²) in [6, 6.07) is 5.24. The highest BCUT2D eigenvalue weighted by Gasteiger charge is 2.14. The number of aromatic nitrogens is 1. The molecule has 0 spiro atoms. The van der Waals surface area contributed by atoms with E-state index in [1.807, 2.05) is 0 Å². The van der Waals surface area contributed by atoms with Gasteiger partial charge in [0.2, 0.25) is 0 Å². The minimum atomic E-state index is -0.516. The molecule has 0 fully saturated rings. The van der Waals surface area contributed by atoms with E-state index in [0.717, 1.165) is 0 Å². The number of nitrogens with zero attached hydrogens (tertiary/aromatic N) is 3. The van der Waals surface area contributed by atoms with E-state index in [9.17, 15) is 4.79 Å². The number of anilines is 2. The normalized spacial score (nSPS) is 11.4. The molecule has 0 amide bonds. The molecule has 0 aliphatic heterocycles. The number of methoxy groups -OCH3 is 1. The van der Waals surface area contributed by atoms with Crippen molar-refractivity contribution in [3.8, 4) is 6.07 Å². The van der Waals surface area contributed by atoms with E-state index in [4.69, 9.17) is 11.0 Å². The Labute approximate surface area is 106 Å². The number of hydrogen-bond donors (Lipinski definition) is 1. The maximum Gasteiger partial charge on any atom is 0.356 e. The van der Waals surface area contributed by atoms with Crippen LogP contribution in [0.5, 0.6) is 0 Å². The molecule has 1 unspecified atom stereocenters. The molecule has 96 valence electrons. The lowest BCUT2D eigenvalue weighted by Crippen LogP contribution is -2.25. The topological polar surface area (TPSA) is 92.2 Å². The van der Waals surface area contributed by atoms with Crippen molar-refractivity contribution in [1.82, 2.24) is 4.98 Å². The average Bonchev–Trinajstić information content (AvgIpc) is 2.37. The van der Waals surface area contributed by atoms with Crippen molar-refractivity contribution in [2.24, 2.45) is 5.92 Å². The molecule has 0 aliphatic rings. The number of esters is 1. The molecular formula is C12H16N4O2. The maximum absolute atomic E-state index is 11.4. The van der Waals surface area contributed by atoms with Gasteiger partial charge in [-0.3, -0.25) is 0 Å². The maximum atomic E-state index is 11.4. The van der Waals surface area contributed by atoms with Gasteiger partial charge < -0.3 is 15.4 Å². The number of carbonyl (C=O) groups excluding carboxylic acids is 1. The van der Waals surface area contributed by atoms with Crippen molar-refractivity contribution in [2.75, 3.05) is 31.3 Å². The first-order valence-corrected chi connectivity index (χ1v) is 5.45. The Hall–Kier alpha value is -2.29.